The van der Waals surface area contributed by atoms with Crippen LogP contribution in [0.15, 0.2) is 0 Å². The normalized spacial score (nSPS) is 30.0. The van der Waals surface area contributed by atoms with Gasteiger partial charge in [0.25, 0.3) is 5.60 Å². The second-order valence-electron chi connectivity index (χ2n) is 5.74. The van der Waals surface area contributed by atoms with Gasteiger partial charge in [0.05, 0.1) is 6.61 Å². The van der Waals surface area contributed by atoms with E-state index in [0.29, 0.717) is 13.1 Å². The summed E-state index contributed by atoms with van der Waals surface area (Å²) >= 11 is 0. The number of hydrogen-bond acceptors (Lipinski definition) is 5. The molecule has 0 unspecified atom stereocenters. The van der Waals surface area contributed by atoms with Gasteiger partial charge >= 0.3 is 12.1 Å². The van der Waals surface area contributed by atoms with E-state index in [0.717, 1.165) is 19.3 Å². The minimum Gasteiger partial charge on any atom is -0.464 e. The molecule has 5 nitrogen and oxygen atoms in total. The molecular weight excluding hydrogens is 303 g/mol. The molecule has 3 atom stereocenters. The highest BCUT2D eigenvalue weighted by Crippen LogP contribution is 2.44. The van der Waals surface area contributed by atoms with Gasteiger partial charge in [-0.2, -0.15) is 13.2 Å². The van der Waals surface area contributed by atoms with E-state index < -0.39 is 29.9 Å². The van der Waals surface area contributed by atoms with Crippen LogP contribution in [0.4, 0.5) is 13.2 Å². The van der Waals surface area contributed by atoms with Crippen molar-refractivity contribution < 1.29 is 32.5 Å². The van der Waals surface area contributed by atoms with Gasteiger partial charge in [-0.3, -0.25) is 4.90 Å². The Morgan fingerprint density at radius 2 is 1.95 bits per heavy atom. The van der Waals surface area contributed by atoms with Crippen molar-refractivity contribution in [1.29, 1.82) is 0 Å². The number of rotatable bonds is 4. The van der Waals surface area contributed by atoms with Crippen LogP contribution in [0.25, 0.3) is 0 Å². The molecule has 2 aliphatic rings. The van der Waals surface area contributed by atoms with Crippen molar-refractivity contribution in [2.24, 2.45) is 5.92 Å². The Hall–Kier alpha value is -0.860. The lowest BCUT2D eigenvalue weighted by molar-refractivity contribution is -0.287. The molecule has 2 aliphatic heterocycles. The molecule has 2 heterocycles. The molecule has 2 rings (SSSR count). The molecule has 2 saturated heterocycles. The summed E-state index contributed by atoms with van der Waals surface area (Å²) in [4.78, 5) is 13.6. The molecular formula is C14H22F3NO4. The van der Waals surface area contributed by atoms with Crippen molar-refractivity contribution in [3.63, 3.8) is 0 Å². The third-order valence-electron chi connectivity index (χ3n) is 4.37. The van der Waals surface area contributed by atoms with Crippen LogP contribution in [0.2, 0.25) is 0 Å². The number of piperidine rings is 1. The third kappa shape index (κ3) is 3.09. The summed E-state index contributed by atoms with van der Waals surface area (Å²) in [6.45, 7) is 2.49. The number of carbonyl (C=O) groups is 1. The quantitative estimate of drug-likeness (QED) is 0.797. The Morgan fingerprint density at radius 3 is 2.50 bits per heavy atom. The van der Waals surface area contributed by atoms with E-state index in [9.17, 15) is 23.1 Å². The van der Waals surface area contributed by atoms with Crippen LogP contribution in [-0.4, -0.2) is 60.3 Å². The Morgan fingerprint density at radius 1 is 1.32 bits per heavy atom. The standard InChI is InChI=1S/C14H22F3NO4/c1-2-21-12(19)13(20,14(15,16)17)10-6-9-22-11(10)18-7-4-3-5-8-18/h10-11,20H,2-9H2,1H3/t10-,11-,13+/m1/s1. The monoisotopic (exact) mass is 325 g/mol. The lowest BCUT2D eigenvalue weighted by Crippen LogP contribution is -2.62. The Labute approximate surface area is 127 Å². The number of nitrogens with zero attached hydrogens (tertiary/aromatic N) is 1. The van der Waals surface area contributed by atoms with Crippen LogP contribution in [0.5, 0.6) is 0 Å². The molecule has 0 spiro atoms. The van der Waals surface area contributed by atoms with E-state index >= 15 is 0 Å². The molecule has 8 heteroatoms. The van der Waals surface area contributed by atoms with Crippen molar-refractivity contribution in [2.45, 2.75) is 50.6 Å². The lowest BCUT2D eigenvalue weighted by Gasteiger charge is -2.40. The molecule has 2 fully saturated rings. The number of ether oxygens (including phenoxy) is 2. The topological polar surface area (TPSA) is 59.0 Å². The molecule has 0 amide bonds. The average molecular weight is 325 g/mol. The zero-order valence-electron chi connectivity index (χ0n) is 12.6. The number of esters is 1. The average Bonchev–Trinajstić information content (AvgIpc) is 2.96. The van der Waals surface area contributed by atoms with E-state index in [1.807, 2.05) is 0 Å². The van der Waals surface area contributed by atoms with Gasteiger partial charge in [-0.15, -0.1) is 0 Å². The summed E-state index contributed by atoms with van der Waals surface area (Å²) in [5.41, 5.74) is -3.53. The Bertz CT molecular complexity index is 398. The van der Waals surface area contributed by atoms with Crippen LogP contribution < -0.4 is 0 Å². The number of alkyl halides is 3. The zero-order chi connectivity index (χ0) is 16.4. The minimum absolute atomic E-state index is 0.0318. The van der Waals surface area contributed by atoms with Crippen molar-refractivity contribution in [2.75, 3.05) is 26.3 Å². The van der Waals surface area contributed by atoms with Crippen molar-refractivity contribution in [1.82, 2.24) is 4.90 Å². The van der Waals surface area contributed by atoms with Gasteiger partial charge in [-0.25, -0.2) is 4.79 Å². The minimum atomic E-state index is -5.11. The summed E-state index contributed by atoms with van der Waals surface area (Å²) < 4.78 is 50.3. The molecule has 0 radical (unpaired) electrons. The van der Waals surface area contributed by atoms with Crippen LogP contribution in [-0.2, 0) is 14.3 Å². The van der Waals surface area contributed by atoms with Crippen LogP contribution >= 0.6 is 0 Å². The maximum atomic E-state index is 13.4. The maximum Gasteiger partial charge on any atom is 0.428 e. The van der Waals surface area contributed by atoms with Gasteiger partial charge in [0, 0.05) is 25.6 Å². The SMILES string of the molecule is CCOC(=O)[C@@](O)([C@@H]1CCO[C@H]1N1CCCCC1)C(F)(F)F. The van der Waals surface area contributed by atoms with Gasteiger partial charge in [0.2, 0.25) is 0 Å². The summed E-state index contributed by atoms with van der Waals surface area (Å²) in [5, 5.41) is 10.2. The highest BCUT2D eigenvalue weighted by atomic mass is 19.4. The van der Waals surface area contributed by atoms with Gasteiger partial charge in [-0.1, -0.05) is 6.42 Å². The zero-order valence-corrected chi connectivity index (χ0v) is 12.6. The Balaban J connectivity index is 2.27. The van der Waals surface area contributed by atoms with Gasteiger partial charge < -0.3 is 14.6 Å². The largest absolute Gasteiger partial charge is 0.464 e. The summed E-state index contributed by atoms with van der Waals surface area (Å²) in [5.74, 6) is -3.01. The first kappa shape index (κ1) is 17.5. The predicted octanol–water partition coefficient (Wildman–Crippen LogP) is 1.69. The van der Waals surface area contributed by atoms with Crippen LogP contribution in [0.1, 0.15) is 32.6 Å². The third-order valence-corrected chi connectivity index (χ3v) is 4.37. The first-order valence-electron chi connectivity index (χ1n) is 7.64. The van der Waals surface area contributed by atoms with Crippen LogP contribution in [0, 0.1) is 5.92 Å². The molecule has 0 aromatic heterocycles. The fourth-order valence-electron chi connectivity index (χ4n) is 3.24. The number of carbonyl (C=O) groups excluding carboxylic acids is 1. The fourth-order valence-corrected chi connectivity index (χ4v) is 3.24. The van der Waals surface area contributed by atoms with Gasteiger partial charge in [-0.05, 0) is 26.2 Å². The lowest BCUT2D eigenvalue weighted by atomic mass is 9.83. The molecule has 128 valence electrons. The summed E-state index contributed by atoms with van der Waals surface area (Å²) in [6.07, 6.45) is -3.28. The van der Waals surface area contributed by atoms with Crippen LogP contribution in [0.3, 0.4) is 0 Å². The summed E-state index contributed by atoms with van der Waals surface area (Å²) in [6, 6.07) is 0. The first-order valence-corrected chi connectivity index (χ1v) is 7.64. The molecule has 0 bridgehead atoms. The predicted molar refractivity (Wildman–Crippen MR) is 70.9 cm³/mol. The van der Waals surface area contributed by atoms with E-state index in [4.69, 9.17) is 4.74 Å². The smallest absolute Gasteiger partial charge is 0.428 e. The number of likely N-dealkylation sites (tertiary alicyclic amines) is 1. The van der Waals surface area contributed by atoms with E-state index in [1.54, 1.807) is 4.90 Å². The molecule has 0 aliphatic carbocycles. The molecule has 1 N–H and O–H groups in total. The Kier molecular flexibility index (Phi) is 5.34. The van der Waals surface area contributed by atoms with Gasteiger partial charge in [0.15, 0.2) is 0 Å². The molecule has 22 heavy (non-hydrogen) atoms. The fraction of sp³-hybridized carbons (Fsp3) is 0.929. The second-order valence-corrected chi connectivity index (χ2v) is 5.74. The maximum absolute atomic E-state index is 13.4. The van der Waals surface area contributed by atoms with Crippen molar-refractivity contribution >= 4 is 5.97 Å². The number of aliphatic hydroxyl groups is 1. The number of halogens is 3. The first-order chi connectivity index (χ1) is 10.3. The van der Waals surface area contributed by atoms with E-state index in [2.05, 4.69) is 4.74 Å². The van der Waals surface area contributed by atoms with E-state index in [-0.39, 0.29) is 19.6 Å². The molecule has 0 saturated carbocycles. The van der Waals surface area contributed by atoms with Gasteiger partial charge in [0.1, 0.15) is 6.23 Å². The van der Waals surface area contributed by atoms with Crippen molar-refractivity contribution in [3.05, 3.63) is 0 Å². The summed E-state index contributed by atoms with van der Waals surface area (Å²) in [7, 11) is 0. The highest BCUT2D eigenvalue weighted by Gasteiger charge is 2.68. The molecule has 0 aromatic carbocycles. The van der Waals surface area contributed by atoms with Crippen molar-refractivity contribution in [3.8, 4) is 0 Å². The molecule has 0 aromatic rings. The second kappa shape index (κ2) is 6.72. The highest BCUT2D eigenvalue weighted by molar-refractivity contribution is 5.81. The number of hydrogen-bond donors (Lipinski definition) is 1. The van der Waals surface area contributed by atoms with E-state index in [1.165, 1.54) is 6.92 Å².